The molecule has 40 valence electrons. The van der Waals surface area contributed by atoms with Gasteiger partial charge in [-0.15, -0.1) is 0 Å². The van der Waals surface area contributed by atoms with E-state index in [9.17, 15) is 0 Å². The van der Waals surface area contributed by atoms with E-state index in [1.807, 2.05) is 0 Å². The Labute approximate surface area is 67.2 Å². The Hall–Kier alpha value is 1.39. The quantitative estimate of drug-likeness (QED) is 0.495. The number of halogens is 3. The zero-order valence-electron chi connectivity index (χ0n) is 2.99. The van der Waals surface area contributed by atoms with Crippen LogP contribution in [-0.4, -0.2) is 7.04 Å². The first-order chi connectivity index (χ1) is 3.29. The number of nitrogens with zero attached hydrogens (tertiary/aromatic N) is 1. The van der Waals surface area contributed by atoms with Gasteiger partial charge in [0.1, 0.15) is 2.54 Å². The zero-order chi connectivity index (χ0) is 5.28. The lowest BCUT2D eigenvalue weighted by atomic mass is 11.4. The first-order valence-corrected chi connectivity index (χ1v) is 6.98. The van der Waals surface area contributed by atoms with Crippen LogP contribution in [0.25, 0.3) is 0 Å². The van der Waals surface area contributed by atoms with Crippen molar-refractivity contribution in [2.75, 3.05) is 0 Å². The number of hydrogen-bond donors (Lipinski definition) is 0. The lowest BCUT2D eigenvalue weighted by Gasteiger charge is -1.72. The minimum absolute atomic E-state index is 0.0536. The highest BCUT2D eigenvalue weighted by Crippen LogP contribution is 2.34. The van der Waals surface area contributed by atoms with Crippen molar-refractivity contribution >= 4 is 62.9 Å². The highest BCUT2D eigenvalue weighted by Gasteiger charge is 2.02. The summed E-state index contributed by atoms with van der Waals surface area (Å²) in [6.45, 7) is 0. The fourth-order valence-corrected chi connectivity index (χ4v) is 4.98. The summed E-state index contributed by atoms with van der Waals surface area (Å²) in [6.07, 6.45) is 0. The van der Waals surface area contributed by atoms with Gasteiger partial charge >= 0.3 is 0 Å². The van der Waals surface area contributed by atoms with Gasteiger partial charge in [-0.2, -0.15) is 0 Å². The van der Waals surface area contributed by atoms with Gasteiger partial charge in [0.05, 0.1) is 0 Å². The molecule has 0 aliphatic carbocycles. The highest BCUT2D eigenvalue weighted by molar-refractivity contribution is 14.2. The van der Waals surface area contributed by atoms with Crippen molar-refractivity contribution in [3.05, 3.63) is 0 Å². The van der Waals surface area contributed by atoms with Crippen LogP contribution in [0.4, 0.5) is 0 Å². The van der Waals surface area contributed by atoms with Gasteiger partial charge in [-0.25, -0.2) is 4.99 Å². The number of hydrogen-bond acceptors (Lipinski definition) is 2. The van der Waals surface area contributed by atoms with Crippen LogP contribution in [0.1, 0.15) is 0 Å². The SMILES string of the molecule is ClC1=NC(Br)=IS1. The lowest BCUT2D eigenvalue weighted by molar-refractivity contribution is 1.90. The summed E-state index contributed by atoms with van der Waals surface area (Å²) in [4.78, 5) is 3.92. The van der Waals surface area contributed by atoms with E-state index in [4.69, 9.17) is 11.6 Å². The molecule has 0 bridgehead atoms. The van der Waals surface area contributed by atoms with Crippen molar-refractivity contribution in [2.45, 2.75) is 0 Å². The van der Waals surface area contributed by atoms with Crippen LogP contribution >= 0.6 is 55.8 Å². The van der Waals surface area contributed by atoms with Gasteiger partial charge in [-0.05, 0) is 44.2 Å². The fraction of sp³-hybridized carbons (Fsp3) is 0. The molecule has 0 amide bonds. The molecule has 0 N–H and O–H groups in total. The average Bonchev–Trinajstić information content (AvgIpc) is 1.87. The van der Waals surface area contributed by atoms with Crippen molar-refractivity contribution in [1.29, 1.82) is 0 Å². The van der Waals surface area contributed by atoms with E-state index in [0.29, 0.717) is 4.50 Å². The van der Waals surface area contributed by atoms with Crippen LogP contribution in [0.5, 0.6) is 0 Å². The normalized spacial score (nSPS) is 20.3. The van der Waals surface area contributed by atoms with Gasteiger partial charge in [-0.3, -0.25) is 0 Å². The van der Waals surface area contributed by atoms with Crippen LogP contribution in [-0.2, 0) is 0 Å². The van der Waals surface area contributed by atoms with E-state index in [1.54, 1.807) is 8.93 Å². The molecule has 1 nitrogen and oxygen atoms in total. The molecule has 1 rings (SSSR count). The molecule has 1 aliphatic rings. The number of rotatable bonds is 0. The van der Waals surface area contributed by atoms with Crippen molar-refractivity contribution in [3.63, 3.8) is 0 Å². The Morgan fingerprint density at radius 2 is 2.57 bits per heavy atom. The highest BCUT2D eigenvalue weighted by atomic mass is 127. The molecule has 0 fully saturated rings. The summed E-state index contributed by atoms with van der Waals surface area (Å²) >= 11 is 8.80. The van der Waals surface area contributed by atoms with Crippen LogP contribution in [0.2, 0.25) is 0 Å². The molecule has 0 saturated heterocycles. The molecule has 1 aliphatic heterocycles. The van der Waals surface area contributed by atoms with Crippen LogP contribution in [0.15, 0.2) is 4.99 Å². The minimum atomic E-state index is 0.0536. The maximum absolute atomic E-state index is 5.50. The second-order valence-corrected chi connectivity index (χ2v) is 7.93. The minimum Gasteiger partial charge on any atom is -0.215 e. The van der Waals surface area contributed by atoms with Crippen LogP contribution in [0.3, 0.4) is 0 Å². The smallest absolute Gasteiger partial charge is 0.174 e. The van der Waals surface area contributed by atoms with E-state index in [-0.39, 0.29) is 19.3 Å². The van der Waals surface area contributed by atoms with Crippen LogP contribution in [0, 0.1) is 0 Å². The number of aliphatic imine (C=N–C) groups is 1. The van der Waals surface area contributed by atoms with Crippen molar-refractivity contribution in [1.82, 2.24) is 0 Å². The topological polar surface area (TPSA) is 12.4 Å². The third-order valence-corrected chi connectivity index (χ3v) is 7.74. The van der Waals surface area contributed by atoms with Crippen molar-refractivity contribution < 1.29 is 0 Å². The summed E-state index contributed by atoms with van der Waals surface area (Å²) in [6, 6.07) is 0. The molecule has 0 aromatic rings. The molecule has 0 radical (unpaired) electrons. The summed E-state index contributed by atoms with van der Waals surface area (Å²) in [7, 11) is 1.65. The Balaban J connectivity index is 2.69. The summed E-state index contributed by atoms with van der Waals surface area (Å²) in [5.74, 6) is 0. The largest absolute Gasteiger partial charge is 0.215 e. The average molecular weight is 312 g/mol. The van der Waals surface area contributed by atoms with Crippen LogP contribution < -0.4 is 0 Å². The fourth-order valence-electron chi connectivity index (χ4n) is 0.165. The standard InChI is InChI=1S/C2BrClINS/c3-1-5-7-2(4)6-1. The molecule has 0 saturated carbocycles. The lowest BCUT2D eigenvalue weighted by Crippen LogP contribution is -1.69. The van der Waals surface area contributed by atoms with Gasteiger partial charge in [0.2, 0.25) is 0 Å². The van der Waals surface area contributed by atoms with E-state index in [2.05, 4.69) is 20.9 Å². The predicted octanol–water partition coefficient (Wildman–Crippen LogP) is 2.70. The molecule has 0 aromatic carbocycles. The Morgan fingerprint density at radius 3 is 2.71 bits per heavy atom. The van der Waals surface area contributed by atoms with E-state index >= 15 is 0 Å². The van der Waals surface area contributed by atoms with Crippen molar-refractivity contribution in [3.8, 4) is 0 Å². The molecule has 0 unspecified atom stereocenters. The molecule has 1 heterocycles. The molecule has 5 heteroatoms. The molecule has 0 aromatic heterocycles. The molecular weight excluding hydrogens is 312 g/mol. The Morgan fingerprint density at radius 1 is 1.86 bits per heavy atom. The zero-order valence-corrected chi connectivity index (χ0v) is 8.31. The summed E-state index contributed by atoms with van der Waals surface area (Å²) in [5, 5.41) is 0. The molecule has 0 atom stereocenters. The second-order valence-electron chi connectivity index (χ2n) is 0.760. The van der Waals surface area contributed by atoms with E-state index < -0.39 is 0 Å². The van der Waals surface area contributed by atoms with Gasteiger partial charge in [0.15, 0.2) is 4.50 Å². The van der Waals surface area contributed by atoms with Crippen molar-refractivity contribution in [2.24, 2.45) is 4.99 Å². The van der Waals surface area contributed by atoms with Gasteiger partial charge in [0, 0.05) is 0 Å². The third-order valence-electron chi connectivity index (χ3n) is 0.338. The maximum atomic E-state index is 5.50. The van der Waals surface area contributed by atoms with E-state index in [0.717, 1.165) is 2.54 Å². The first kappa shape index (κ1) is 6.51. The maximum Gasteiger partial charge on any atom is 0.174 e. The molecule has 0 spiro atoms. The summed E-state index contributed by atoms with van der Waals surface area (Å²) < 4.78 is 1.72. The van der Waals surface area contributed by atoms with Gasteiger partial charge in [-0.1, -0.05) is 11.6 Å². The third kappa shape index (κ3) is 1.99. The van der Waals surface area contributed by atoms with E-state index in [1.165, 1.54) is 0 Å². The predicted molar refractivity (Wildman–Crippen MR) is 48.8 cm³/mol. The Kier molecular flexibility index (Phi) is 2.60. The van der Waals surface area contributed by atoms with Gasteiger partial charge < -0.3 is 0 Å². The first-order valence-electron chi connectivity index (χ1n) is 1.37. The molecule has 7 heavy (non-hydrogen) atoms. The summed E-state index contributed by atoms with van der Waals surface area (Å²) in [5.41, 5.74) is 0. The Bertz CT molecular complexity index is 145. The second kappa shape index (κ2) is 2.80. The van der Waals surface area contributed by atoms with Gasteiger partial charge in [0.25, 0.3) is 0 Å². The molecular formula is C2BrClINS. The monoisotopic (exact) mass is 311 g/mol.